The maximum atomic E-state index is 11.1. The molecule has 5 nitrogen and oxygen atoms in total. The second kappa shape index (κ2) is 3.63. The number of likely N-dealkylation sites (N-methyl/N-ethyl adjacent to an activating group) is 1. The van der Waals surface area contributed by atoms with E-state index in [4.69, 9.17) is 0 Å². The van der Waals surface area contributed by atoms with Crippen LogP contribution in [0.4, 0.5) is 0 Å². The molecule has 0 aromatic heterocycles. The Bertz CT molecular complexity index is 285. The van der Waals surface area contributed by atoms with Crippen LogP contribution in [0.5, 0.6) is 0 Å². The standard InChI is InChI=1S/C7H14N2O3S/c1-9(2)7(10)3-8-6-4-13(11,12)5-6/h6,8H,3-5H2,1-2H3. The van der Waals surface area contributed by atoms with E-state index in [1.54, 1.807) is 14.1 Å². The molecule has 1 aliphatic heterocycles. The van der Waals surface area contributed by atoms with Gasteiger partial charge in [0.1, 0.15) is 0 Å². The average molecular weight is 206 g/mol. The molecular weight excluding hydrogens is 192 g/mol. The lowest BCUT2D eigenvalue weighted by molar-refractivity contribution is -0.127. The van der Waals surface area contributed by atoms with Crippen LogP contribution < -0.4 is 5.32 Å². The highest BCUT2D eigenvalue weighted by Gasteiger charge is 2.33. The van der Waals surface area contributed by atoms with E-state index in [0.29, 0.717) is 0 Å². The monoisotopic (exact) mass is 206 g/mol. The number of carbonyl (C=O) groups is 1. The predicted molar refractivity (Wildman–Crippen MR) is 49.1 cm³/mol. The van der Waals surface area contributed by atoms with E-state index in [1.165, 1.54) is 4.90 Å². The molecule has 6 heteroatoms. The van der Waals surface area contributed by atoms with Gasteiger partial charge in [-0.2, -0.15) is 0 Å². The number of nitrogens with one attached hydrogen (secondary N) is 1. The fourth-order valence-electron chi connectivity index (χ4n) is 1.07. The summed E-state index contributed by atoms with van der Waals surface area (Å²) in [6.07, 6.45) is 0. The Balaban J connectivity index is 2.19. The number of hydrogen-bond acceptors (Lipinski definition) is 4. The Morgan fingerprint density at radius 2 is 2.00 bits per heavy atom. The lowest BCUT2D eigenvalue weighted by atomic mass is 10.3. The van der Waals surface area contributed by atoms with E-state index >= 15 is 0 Å². The van der Waals surface area contributed by atoms with Crippen LogP contribution in [0.15, 0.2) is 0 Å². The van der Waals surface area contributed by atoms with Crippen molar-refractivity contribution in [2.45, 2.75) is 6.04 Å². The minimum atomic E-state index is -2.79. The summed E-state index contributed by atoms with van der Waals surface area (Å²) in [6, 6.07) is -0.0334. The van der Waals surface area contributed by atoms with Crippen molar-refractivity contribution in [2.24, 2.45) is 0 Å². The zero-order valence-electron chi connectivity index (χ0n) is 7.78. The third-order valence-corrected chi connectivity index (χ3v) is 3.77. The first-order valence-corrected chi connectivity index (χ1v) is 5.87. The predicted octanol–water partition coefficient (Wildman–Crippen LogP) is -1.54. The van der Waals surface area contributed by atoms with Gasteiger partial charge in [0, 0.05) is 20.1 Å². The van der Waals surface area contributed by atoms with Crippen LogP contribution >= 0.6 is 0 Å². The van der Waals surface area contributed by atoms with Gasteiger partial charge in [0.25, 0.3) is 0 Å². The van der Waals surface area contributed by atoms with Crippen molar-refractivity contribution >= 4 is 15.7 Å². The fourth-order valence-corrected chi connectivity index (χ4v) is 2.44. The first-order valence-electron chi connectivity index (χ1n) is 4.05. The van der Waals surface area contributed by atoms with E-state index < -0.39 is 9.84 Å². The highest BCUT2D eigenvalue weighted by atomic mass is 32.2. The first kappa shape index (κ1) is 10.5. The van der Waals surface area contributed by atoms with Gasteiger partial charge in [0.05, 0.1) is 18.1 Å². The van der Waals surface area contributed by atoms with Crippen LogP contribution in [-0.2, 0) is 14.6 Å². The first-order chi connectivity index (χ1) is 5.91. The molecule has 0 bridgehead atoms. The zero-order valence-corrected chi connectivity index (χ0v) is 8.60. The molecule has 13 heavy (non-hydrogen) atoms. The Labute approximate surface area is 78.0 Å². The van der Waals surface area contributed by atoms with Crippen LogP contribution in [0.3, 0.4) is 0 Å². The number of carbonyl (C=O) groups excluding carboxylic acids is 1. The van der Waals surface area contributed by atoms with Crippen LogP contribution in [0, 0.1) is 0 Å². The van der Waals surface area contributed by atoms with Gasteiger partial charge in [-0.3, -0.25) is 4.79 Å². The summed E-state index contributed by atoms with van der Waals surface area (Å²) >= 11 is 0. The Morgan fingerprint density at radius 3 is 2.38 bits per heavy atom. The summed E-state index contributed by atoms with van der Waals surface area (Å²) < 4.78 is 21.5. The number of nitrogens with zero attached hydrogens (tertiary/aromatic N) is 1. The molecule has 0 unspecified atom stereocenters. The van der Waals surface area contributed by atoms with Crippen LogP contribution in [0.2, 0.25) is 0 Å². The van der Waals surface area contributed by atoms with E-state index in [0.717, 1.165) is 0 Å². The van der Waals surface area contributed by atoms with E-state index in [9.17, 15) is 13.2 Å². The molecule has 0 spiro atoms. The quantitative estimate of drug-likeness (QED) is 0.608. The van der Waals surface area contributed by atoms with Gasteiger partial charge < -0.3 is 10.2 Å². The summed E-state index contributed by atoms with van der Waals surface area (Å²) in [5.74, 6) is 0.283. The molecule has 1 aliphatic rings. The minimum Gasteiger partial charge on any atom is -0.348 e. The summed E-state index contributed by atoms with van der Waals surface area (Å²) in [6.45, 7) is 0.215. The molecular formula is C7H14N2O3S. The van der Waals surface area contributed by atoms with Crippen LogP contribution in [0.1, 0.15) is 0 Å². The van der Waals surface area contributed by atoms with Gasteiger partial charge in [-0.15, -0.1) is 0 Å². The average Bonchev–Trinajstić information content (AvgIpc) is 1.95. The molecule has 0 atom stereocenters. The van der Waals surface area contributed by atoms with Crippen LogP contribution in [-0.4, -0.2) is 57.4 Å². The van der Waals surface area contributed by atoms with Gasteiger partial charge in [0.2, 0.25) is 5.91 Å². The third-order valence-electron chi connectivity index (χ3n) is 1.95. The van der Waals surface area contributed by atoms with Crippen molar-refractivity contribution in [3.05, 3.63) is 0 Å². The largest absolute Gasteiger partial charge is 0.348 e. The van der Waals surface area contributed by atoms with Gasteiger partial charge >= 0.3 is 0 Å². The van der Waals surface area contributed by atoms with Crippen molar-refractivity contribution in [3.8, 4) is 0 Å². The molecule has 76 valence electrons. The molecule has 0 aromatic carbocycles. The van der Waals surface area contributed by atoms with Crippen molar-refractivity contribution in [1.82, 2.24) is 10.2 Å². The summed E-state index contributed by atoms with van der Waals surface area (Å²) in [7, 11) is 0.550. The zero-order chi connectivity index (χ0) is 10.1. The van der Waals surface area contributed by atoms with Crippen molar-refractivity contribution in [2.75, 3.05) is 32.1 Å². The molecule has 1 rings (SSSR count). The smallest absolute Gasteiger partial charge is 0.236 e. The van der Waals surface area contributed by atoms with Gasteiger partial charge in [-0.25, -0.2) is 8.42 Å². The van der Waals surface area contributed by atoms with Crippen molar-refractivity contribution in [1.29, 1.82) is 0 Å². The molecule has 0 aliphatic carbocycles. The molecule has 1 heterocycles. The van der Waals surface area contributed by atoms with E-state index in [2.05, 4.69) is 5.32 Å². The second-order valence-electron chi connectivity index (χ2n) is 3.44. The normalized spacial score (nSPS) is 20.8. The lowest BCUT2D eigenvalue weighted by Gasteiger charge is -2.26. The number of sulfone groups is 1. The minimum absolute atomic E-state index is 0.0334. The summed E-state index contributed by atoms with van der Waals surface area (Å²) in [5, 5.41) is 2.89. The van der Waals surface area contributed by atoms with Crippen molar-refractivity contribution < 1.29 is 13.2 Å². The topological polar surface area (TPSA) is 66.5 Å². The van der Waals surface area contributed by atoms with E-state index in [-0.39, 0.29) is 30.0 Å². The second-order valence-corrected chi connectivity index (χ2v) is 5.60. The number of amides is 1. The lowest BCUT2D eigenvalue weighted by Crippen LogP contribution is -2.53. The SMILES string of the molecule is CN(C)C(=O)CNC1CS(=O)(=O)C1. The highest BCUT2D eigenvalue weighted by molar-refractivity contribution is 7.92. The number of rotatable bonds is 3. The molecule has 0 aromatic rings. The summed E-state index contributed by atoms with van der Waals surface area (Å²) in [4.78, 5) is 12.5. The molecule has 0 radical (unpaired) electrons. The highest BCUT2D eigenvalue weighted by Crippen LogP contribution is 2.09. The molecule has 0 saturated carbocycles. The Hall–Kier alpha value is -0.620. The Kier molecular flexibility index (Phi) is 2.92. The fraction of sp³-hybridized carbons (Fsp3) is 0.857. The van der Waals surface area contributed by atoms with Crippen LogP contribution in [0.25, 0.3) is 0 Å². The van der Waals surface area contributed by atoms with E-state index in [1.807, 2.05) is 0 Å². The third kappa shape index (κ3) is 2.96. The van der Waals surface area contributed by atoms with Crippen molar-refractivity contribution in [3.63, 3.8) is 0 Å². The van der Waals surface area contributed by atoms with Gasteiger partial charge in [-0.05, 0) is 0 Å². The maximum absolute atomic E-state index is 11.1. The van der Waals surface area contributed by atoms with Gasteiger partial charge in [0.15, 0.2) is 9.84 Å². The molecule has 1 fully saturated rings. The van der Waals surface area contributed by atoms with Gasteiger partial charge in [-0.1, -0.05) is 0 Å². The maximum Gasteiger partial charge on any atom is 0.236 e. The summed E-state index contributed by atoms with van der Waals surface area (Å²) in [5.41, 5.74) is 0. The molecule has 1 amide bonds. The molecule has 1 N–H and O–H groups in total. The molecule has 1 saturated heterocycles. The Morgan fingerprint density at radius 1 is 1.46 bits per heavy atom. The number of hydrogen-bond donors (Lipinski definition) is 1.